The Hall–Kier alpha value is -2.05. The van der Waals surface area contributed by atoms with Crippen LogP contribution in [0.4, 0.5) is 0 Å². The Labute approximate surface area is 167 Å². The second-order valence-electron chi connectivity index (χ2n) is 10.1. The summed E-state index contributed by atoms with van der Waals surface area (Å²) < 4.78 is 22.1. The van der Waals surface area contributed by atoms with E-state index in [-0.39, 0.29) is 6.61 Å². The minimum Gasteiger partial charge on any atom is -0.491 e. The molecule has 0 bridgehead atoms. The van der Waals surface area contributed by atoms with Crippen LogP contribution >= 0.6 is 0 Å². The first-order valence-corrected chi connectivity index (χ1v) is 9.45. The van der Waals surface area contributed by atoms with E-state index >= 15 is 0 Å². The first kappa shape index (κ1) is 24.0. The lowest BCUT2D eigenvalue weighted by molar-refractivity contribution is -0.191. The van der Waals surface area contributed by atoms with E-state index in [1.54, 1.807) is 62.3 Å². The maximum atomic E-state index is 12.5. The standard InChI is InChI=1S/C21H34O7/c1-19(2,3)16(22)26-12-14-15(28-18(24)21(7,8)9)13(10-11-25-14)27-17(23)20(4,5)6/h10-11,13-15H,12H2,1-9H3/t13-,14-,15+/m1/s1. The summed E-state index contributed by atoms with van der Waals surface area (Å²) >= 11 is 0. The zero-order valence-electron chi connectivity index (χ0n) is 18.5. The van der Waals surface area contributed by atoms with E-state index in [2.05, 4.69) is 0 Å². The summed E-state index contributed by atoms with van der Waals surface area (Å²) in [6, 6.07) is 0. The van der Waals surface area contributed by atoms with Crippen molar-refractivity contribution >= 4 is 17.9 Å². The smallest absolute Gasteiger partial charge is 0.311 e. The van der Waals surface area contributed by atoms with Gasteiger partial charge in [0.15, 0.2) is 18.3 Å². The van der Waals surface area contributed by atoms with Crippen LogP contribution in [0.1, 0.15) is 62.3 Å². The molecule has 0 aliphatic carbocycles. The summed E-state index contributed by atoms with van der Waals surface area (Å²) in [7, 11) is 0. The van der Waals surface area contributed by atoms with Gasteiger partial charge in [-0.25, -0.2) is 0 Å². The molecule has 0 aromatic rings. The highest BCUT2D eigenvalue weighted by atomic mass is 16.6. The first-order chi connectivity index (χ1) is 12.5. The summed E-state index contributed by atoms with van der Waals surface area (Å²) in [5.74, 6) is -1.32. The molecule has 160 valence electrons. The second kappa shape index (κ2) is 8.53. The summed E-state index contributed by atoms with van der Waals surface area (Å²) in [5.41, 5.74) is -2.16. The minimum atomic E-state index is -0.934. The molecule has 28 heavy (non-hydrogen) atoms. The summed E-state index contributed by atoms with van der Waals surface area (Å²) in [5, 5.41) is 0. The Morgan fingerprint density at radius 3 is 1.71 bits per heavy atom. The second-order valence-corrected chi connectivity index (χ2v) is 10.1. The van der Waals surface area contributed by atoms with Gasteiger partial charge in [0, 0.05) is 0 Å². The molecule has 0 aromatic heterocycles. The predicted molar refractivity (Wildman–Crippen MR) is 103 cm³/mol. The first-order valence-electron chi connectivity index (χ1n) is 9.45. The molecule has 1 aliphatic rings. The van der Waals surface area contributed by atoms with Crippen molar-refractivity contribution in [2.75, 3.05) is 6.61 Å². The fourth-order valence-corrected chi connectivity index (χ4v) is 1.98. The molecular formula is C21H34O7. The van der Waals surface area contributed by atoms with Crippen LogP contribution in [0.15, 0.2) is 12.3 Å². The van der Waals surface area contributed by atoms with E-state index in [0.29, 0.717) is 0 Å². The van der Waals surface area contributed by atoms with Crippen molar-refractivity contribution in [2.24, 2.45) is 16.2 Å². The van der Waals surface area contributed by atoms with E-state index in [4.69, 9.17) is 18.9 Å². The highest BCUT2D eigenvalue weighted by molar-refractivity contribution is 5.77. The summed E-state index contributed by atoms with van der Waals surface area (Å²) in [4.78, 5) is 36.9. The van der Waals surface area contributed by atoms with Crippen LogP contribution in [0, 0.1) is 16.2 Å². The summed E-state index contributed by atoms with van der Waals surface area (Å²) in [6.07, 6.45) is 0.325. The zero-order valence-corrected chi connectivity index (χ0v) is 18.5. The molecule has 0 N–H and O–H groups in total. The van der Waals surface area contributed by atoms with Crippen molar-refractivity contribution in [1.29, 1.82) is 0 Å². The average molecular weight is 398 g/mol. The Bertz CT molecular complexity index is 614. The van der Waals surface area contributed by atoms with Crippen LogP contribution in [-0.2, 0) is 33.3 Å². The number of ether oxygens (including phenoxy) is 4. The molecular weight excluding hydrogens is 364 g/mol. The fourth-order valence-electron chi connectivity index (χ4n) is 1.98. The van der Waals surface area contributed by atoms with Gasteiger partial charge in [0.05, 0.1) is 22.5 Å². The number of hydrogen-bond donors (Lipinski definition) is 0. The van der Waals surface area contributed by atoms with Gasteiger partial charge in [-0.05, 0) is 68.4 Å². The molecule has 0 unspecified atom stereocenters. The molecule has 1 heterocycles. The molecule has 0 saturated carbocycles. The van der Waals surface area contributed by atoms with Crippen LogP contribution in [0.25, 0.3) is 0 Å². The number of esters is 3. The van der Waals surface area contributed by atoms with E-state index in [0.717, 1.165) is 0 Å². The highest BCUT2D eigenvalue weighted by Gasteiger charge is 2.42. The minimum absolute atomic E-state index is 0.133. The van der Waals surface area contributed by atoms with Gasteiger partial charge in [0.25, 0.3) is 0 Å². The molecule has 3 atom stereocenters. The van der Waals surface area contributed by atoms with Crippen molar-refractivity contribution in [3.8, 4) is 0 Å². The molecule has 0 amide bonds. The maximum Gasteiger partial charge on any atom is 0.311 e. The van der Waals surface area contributed by atoms with Gasteiger partial charge in [-0.1, -0.05) is 0 Å². The Morgan fingerprint density at radius 1 is 0.786 bits per heavy atom. The largest absolute Gasteiger partial charge is 0.491 e. The van der Waals surface area contributed by atoms with Gasteiger partial charge in [-0.3, -0.25) is 14.4 Å². The van der Waals surface area contributed by atoms with E-state index < -0.39 is 52.5 Å². The normalized spacial score (nSPS) is 22.8. The molecule has 0 radical (unpaired) electrons. The van der Waals surface area contributed by atoms with E-state index in [9.17, 15) is 14.4 Å². The molecule has 1 aliphatic heterocycles. The quantitative estimate of drug-likeness (QED) is 0.530. The molecule has 0 spiro atoms. The van der Waals surface area contributed by atoms with Crippen LogP contribution in [0.5, 0.6) is 0 Å². The van der Waals surface area contributed by atoms with Crippen LogP contribution in [0.3, 0.4) is 0 Å². The highest BCUT2D eigenvalue weighted by Crippen LogP contribution is 2.27. The topological polar surface area (TPSA) is 88.1 Å². The third kappa shape index (κ3) is 6.84. The van der Waals surface area contributed by atoms with Crippen molar-refractivity contribution in [3.05, 3.63) is 12.3 Å². The number of hydrogen-bond acceptors (Lipinski definition) is 7. The maximum absolute atomic E-state index is 12.5. The lowest BCUT2D eigenvalue weighted by Crippen LogP contribution is -2.50. The molecule has 0 fully saturated rings. The third-order valence-electron chi connectivity index (χ3n) is 3.91. The van der Waals surface area contributed by atoms with E-state index in [1.165, 1.54) is 12.3 Å². The number of carbonyl (C=O) groups excluding carboxylic acids is 3. The lowest BCUT2D eigenvalue weighted by atomic mass is 9.95. The van der Waals surface area contributed by atoms with Crippen molar-refractivity contribution in [2.45, 2.75) is 80.6 Å². The predicted octanol–water partition coefficient (Wildman–Crippen LogP) is 3.40. The summed E-state index contributed by atoms with van der Waals surface area (Å²) in [6.45, 7) is 15.4. The van der Waals surface area contributed by atoms with Gasteiger partial charge in [-0.2, -0.15) is 0 Å². The fraction of sp³-hybridized carbons (Fsp3) is 0.762. The third-order valence-corrected chi connectivity index (χ3v) is 3.91. The molecule has 0 aromatic carbocycles. The van der Waals surface area contributed by atoms with Crippen molar-refractivity contribution in [1.82, 2.24) is 0 Å². The molecule has 0 saturated heterocycles. The Morgan fingerprint density at radius 2 is 1.25 bits per heavy atom. The van der Waals surface area contributed by atoms with Crippen LogP contribution < -0.4 is 0 Å². The average Bonchev–Trinajstić information content (AvgIpc) is 2.51. The van der Waals surface area contributed by atoms with E-state index in [1.807, 2.05) is 0 Å². The van der Waals surface area contributed by atoms with Crippen molar-refractivity contribution < 1.29 is 33.3 Å². The lowest BCUT2D eigenvalue weighted by Gasteiger charge is -2.36. The van der Waals surface area contributed by atoms with Gasteiger partial charge in [-0.15, -0.1) is 0 Å². The van der Waals surface area contributed by atoms with Crippen LogP contribution in [-0.4, -0.2) is 42.8 Å². The Kier molecular flexibility index (Phi) is 7.31. The Balaban J connectivity index is 3.02. The number of carbonyl (C=O) groups is 3. The zero-order chi connectivity index (χ0) is 21.9. The molecule has 1 rings (SSSR count). The van der Waals surface area contributed by atoms with Crippen LogP contribution in [0.2, 0.25) is 0 Å². The SMILES string of the molecule is CC(C)(C)C(=O)OC[C@H]1OC=C[C@@H](OC(=O)C(C)(C)C)[C@@H]1OC(=O)C(C)(C)C. The van der Waals surface area contributed by atoms with Gasteiger partial charge in [0.2, 0.25) is 0 Å². The van der Waals surface area contributed by atoms with Gasteiger partial charge >= 0.3 is 17.9 Å². The molecule has 7 heteroatoms. The van der Waals surface area contributed by atoms with Gasteiger partial charge < -0.3 is 18.9 Å². The van der Waals surface area contributed by atoms with Gasteiger partial charge in [0.1, 0.15) is 6.61 Å². The van der Waals surface area contributed by atoms with Crippen molar-refractivity contribution in [3.63, 3.8) is 0 Å². The monoisotopic (exact) mass is 398 g/mol. The molecule has 7 nitrogen and oxygen atoms in total. The number of rotatable bonds is 4.